The Morgan fingerprint density at radius 2 is 1.69 bits per heavy atom. The number of nitrogens with two attached hydrogens (primary N) is 2. The SMILES string of the molecule is CC[C@@H](C)[C@@H]1NC(=O)[C@@H]2CCCN2C(=O)CCCCCC/C=C/C[C@@H](C(=O)N[C@@H](CCCNC(=N)N)C(=O)N[C@H](C(N)=O)C(C)C)NC1=O. The zero-order chi connectivity index (χ0) is 36.5. The van der Waals surface area contributed by atoms with Gasteiger partial charge in [-0.3, -0.25) is 34.2 Å². The van der Waals surface area contributed by atoms with Gasteiger partial charge < -0.3 is 43.0 Å². The van der Waals surface area contributed by atoms with Gasteiger partial charge in [-0.05, 0) is 63.2 Å². The number of allylic oxidation sites excluding steroid dienone is 1. The summed E-state index contributed by atoms with van der Waals surface area (Å²) in [4.78, 5) is 81.2. The third kappa shape index (κ3) is 13.7. The lowest BCUT2D eigenvalue weighted by Gasteiger charge is -2.30. The van der Waals surface area contributed by atoms with E-state index >= 15 is 0 Å². The van der Waals surface area contributed by atoms with E-state index < -0.39 is 59.7 Å². The maximum absolute atomic E-state index is 13.8. The molecule has 0 aromatic carbocycles. The van der Waals surface area contributed by atoms with Gasteiger partial charge in [0.15, 0.2) is 5.96 Å². The minimum atomic E-state index is -1.09. The van der Waals surface area contributed by atoms with Crippen LogP contribution in [0.15, 0.2) is 12.2 Å². The predicted molar refractivity (Wildman–Crippen MR) is 187 cm³/mol. The molecule has 49 heavy (non-hydrogen) atoms. The molecule has 1 fully saturated rings. The van der Waals surface area contributed by atoms with Crippen molar-refractivity contribution in [3.05, 3.63) is 12.2 Å². The lowest BCUT2D eigenvalue weighted by Crippen LogP contribution is -2.60. The van der Waals surface area contributed by atoms with Gasteiger partial charge in [0.25, 0.3) is 0 Å². The quantitative estimate of drug-likeness (QED) is 0.0625. The molecule has 0 aromatic rings. The highest BCUT2D eigenvalue weighted by molar-refractivity contribution is 5.96. The first-order valence-corrected chi connectivity index (χ1v) is 17.8. The Morgan fingerprint density at radius 1 is 0.980 bits per heavy atom. The molecule has 0 bridgehead atoms. The van der Waals surface area contributed by atoms with E-state index in [-0.39, 0.29) is 43.1 Å². The molecule has 2 rings (SSSR count). The molecule has 0 spiro atoms. The van der Waals surface area contributed by atoms with Gasteiger partial charge in [-0.1, -0.05) is 59.1 Å². The molecule has 0 unspecified atom stereocenters. The molecule has 2 heterocycles. The molecule has 1 saturated heterocycles. The number of carbonyl (C=O) groups is 6. The van der Waals surface area contributed by atoms with Crippen LogP contribution < -0.4 is 38.1 Å². The third-order valence-electron chi connectivity index (χ3n) is 9.24. The Kier molecular flexibility index (Phi) is 17.6. The Morgan fingerprint density at radius 3 is 2.35 bits per heavy atom. The van der Waals surface area contributed by atoms with Crippen LogP contribution in [0.2, 0.25) is 0 Å². The number of nitrogens with zero attached hydrogens (tertiary/aromatic N) is 1. The molecule has 6 atom stereocenters. The van der Waals surface area contributed by atoms with Crippen LogP contribution in [0, 0.1) is 17.2 Å². The van der Waals surface area contributed by atoms with E-state index in [2.05, 4.69) is 26.6 Å². The molecule has 2 aliphatic rings. The topological polar surface area (TPSA) is 242 Å². The van der Waals surface area contributed by atoms with Crippen LogP contribution in [0.1, 0.15) is 105 Å². The first kappa shape index (κ1) is 41.0. The second-order valence-corrected chi connectivity index (χ2v) is 13.5. The fourth-order valence-corrected chi connectivity index (χ4v) is 6.06. The van der Waals surface area contributed by atoms with Gasteiger partial charge in [-0.15, -0.1) is 0 Å². The summed E-state index contributed by atoms with van der Waals surface area (Å²) in [6.07, 6.45) is 10.8. The van der Waals surface area contributed by atoms with Crippen LogP contribution in [0.25, 0.3) is 0 Å². The van der Waals surface area contributed by atoms with Gasteiger partial charge in [0, 0.05) is 19.5 Å². The molecule has 15 nitrogen and oxygen atoms in total. The van der Waals surface area contributed by atoms with Crippen LogP contribution in [-0.2, 0) is 28.8 Å². The molecule has 2 aliphatic heterocycles. The first-order chi connectivity index (χ1) is 23.3. The highest BCUT2D eigenvalue weighted by Gasteiger charge is 2.38. The van der Waals surface area contributed by atoms with Crippen molar-refractivity contribution < 1.29 is 28.8 Å². The minimum Gasteiger partial charge on any atom is -0.370 e. The van der Waals surface area contributed by atoms with E-state index in [4.69, 9.17) is 16.9 Å². The second-order valence-electron chi connectivity index (χ2n) is 13.5. The van der Waals surface area contributed by atoms with Crippen LogP contribution in [0.3, 0.4) is 0 Å². The van der Waals surface area contributed by atoms with Gasteiger partial charge in [0.2, 0.25) is 35.4 Å². The van der Waals surface area contributed by atoms with Crippen molar-refractivity contribution in [1.29, 1.82) is 5.41 Å². The number of fused-ring (bicyclic) bond motifs is 1. The standard InChI is InChI=1S/C34H59N9O6/c1-5-22(4)28-33(49)40-23(15-11-9-7-6-8-10-12-18-26(44)43-20-14-17-25(43)32(48)42-28)30(46)39-24(16-13-19-38-34(36)37)31(47)41-27(21(2)3)29(35)45/h9,11,21-25,27-28H,5-8,10,12-20H2,1-4H3,(H2,35,45)(H,39,46)(H,40,49)(H,41,47)(H,42,48)(H4,36,37,38)/b11-9+/t22-,23+,24+,25+,27+,28+/m1/s1. The Bertz CT molecular complexity index is 1190. The summed E-state index contributed by atoms with van der Waals surface area (Å²) in [5.74, 6) is -3.75. The number of hydrogen-bond donors (Lipinski definition) is 8. The van der Waals surface area contributed by atoms with Crippen molar-refractivity contribution in [3.8, 4) is 0 Å². The van der Waals surface area contributed by atoms with E-state index in [1.807, 2.05) is 26.0 Å². The van der Waals surface area contributed by atoms with Crippen molar-refractivity contribution in [2.24, 2.45) is 23.3 Å². The van der Waals surface area contributed by atoms with Gasteiger partial charge >= 0.3 is 0 Å². The largest absolute Gasteiger partial charge is 0.370 e. The third-order valence-corrected chi connectivity index (χ3v) is 9.24. The number of carbonyl (C=O) groups excluding carboxylic acids is 6. The maximum Gasteiger partial charge on any atom is 0.243 e. The summed E-state index contributed by atoms with van der Waals surface area (Å²) in [5, 5.41) is 21.1. The van der Waals surface area contributed by atoms with Crippen molar-refractivity contribution in [3.63, 3.8) is 0 Å². The van der Waals surface area contributed by atoms with E-state index in [9.17, 15) is 28.8 Å². The molecule has 15 heteroatoms. The van der Waals surface area contributed by atoms with Crippen molar-refractivity contribution in [1.82, 2.24) is 31.5 Å². The highest BCUT2D eigenvalue weighted by Crippen LogP contribution is 2.21. The monoisotopic (exact) mass is 689 g/mol. The fraction of sp³-hybridized carbons (Fsp3) is 0.735. The summed E-state index contributed by atoms with van der Waals surface area (Å²) >= 11 is 0. The van der Waals surface area contributed by atoms with Crippen molar-refractivity contribution >= 4 is 41.4 Å². The van der Waals surface area contributed by atoms with Crippen LogP contribution in [-0.4, -0.2) is 89.6 Å². The molecule has 0 aliphatic carbocycles. The normalized spacial score (nSPS) is 23.8. The molecule has 0 aromatic heterocycles. The average Bonchev–Trinajstić information content (AvgIpc) is 3.55. The zero-order valence-corrected chi connectivity index (χ0v) is 29.6. The van der Waals surface area contributed by atoms with Crippen LogP contribution >= 0.6 is 0 Å². The smallest absolute Gasteiger partial charge is 0.243 e. The molecule has 0 radical (unpaired) electrons. The summed E-state index contributed by atoms with van der Waals surface area (Å²) < 4.78 is 0. The average molecular weight is 690 g/mol. The Labute approximate surface area is 290 Å². The lowest BCUT2D eigenvalue weighted by atomic mass is 9.97. The zero-order valence-electron chi connectivity index (χ0n) is 29.6. The number of rotatable bonds is 12. The number of hydrogen-bond acceptors (Lipinski definition) is 7. The summed E-state index contributed by atoms with van der Waals surface area (Å²) in [6, 6.07) is -4.76. The number of guanidine groups is 1. The van der Waals surface area contributed by atoms with E-state index in [0.717, 1.165) is 32.1 Å². The van der Waals surface area contributed by atoms with E-state index in [1.54, 1.807) is 18.7 Å². The predicted octanol–water partition coefficient (Wildman–Crippen LogP) is 0.668. The second kappa shape index (κ2) is 21.0. The van der Waals surface area contributed by atoms with Gasteiger partial charge in [-0.25, -0.2) is 0 Å². The molecule has 10 N–H and O–H groups in total. The van der Waals surface area contributed by atoms with Gasteiger partial charge in [-0.2, -0.15) is 0 Å². The Balaban J connectivity index is 2.35. The van der Waals surface area contributed by atoms with Gasteiger partial charge in [0.05, 0.1) is 0 Å². The molecular formula is C34H59N9O6. The van der Waals surface area contributed by atoms with E-state index in [0.29, 0.717) is 38.6 Å². The first-order valence-electron chi connectivity index (χ1n) is 17.8. The van der Waals surface area contributed by atoms with Crippen LogP contribution in [0.5, 0.6) is 0 Å². The van der Waals surface area contributed by atoms with Crippen LogP contribution in [0.4, 0.5) is 0 Å². The number of primary amides is 1. The van der Waals surface area contributed by atoms with Crippen molar-refractivity contribution in [2.75, 3.05) is 13.1 Å². The lowest BCUT2D eigenvalue weighted by molar-refractivity contribution is -0.140. The van der Waals surface area contributed by atoms with Gasteiger partial charge in [0.1, 0.15) is 30.2 Å². The fourth-order valence-electron chi connectivity index (χ4n) is 6.06. The molecule has 0 saturated carbocycles. The molecule has 6 amide bonds. The van der Waals surface area contributed by atoms with Crippen molar-refractivity contribution in [2.45, 2.75) is 135 Å². The molecule has 276 valence electrons. The van der Waals surface area contributed by atoms with E-state index in [1.165, 1.54) is 0 Å². The number of nitrogens with one attached hydrogen (secondary N) is 6. The Hall–Kier alpha value is -4.17. The number of amides is 6. The molecular weight excluding hydrogens is 630 g/mol. The minimum absolute atomic E-state index is 0.0499. The summed E-state index contributed by atoms with van der Waals surface area (Å²) in [6.45, 7) is 7.97. The highest BCUT2D eigenvalue weighted by atomic mass is 16.2. The summed E-state index contributed by atoms with van der Waals surface area (Å²) in [5.41, 5.74) is 10.9. The summed E-state index contributed by atoms with van der Waals surface area (Å²) in [7, 11) is 0. The maximum atomic E-state index is 13.8.